The van der Waals surface area contributed by atoms with Crippen LogP contribution in [0, 0.1) is 18.7 Å². The van der Waals surface area contributed by atoms with Crippen molar-refractivity contribution in [2.45, 2.75) is 63.0 Å². The first-order valence-electron chi connectivity index (χ1n) is 12.7. The van der Waals surface area contributed by atoms with Gasteiger partial charge in [0.15, 0.2) is 5.16 Å². The van der Waals surface area contributed by atoms with Gasteiger partial charge in [-0.05, 0) is 67.1 Å². The van der Waals surface area contributed by atoms with Gasteiger partial charge in [0.1, 0.15) is 5.82 Å². The molecule has 1 N–H and O–H groups in total. The van der Waals surface area contributed by atoms with E-state index < -0.39 is 0 Å². The Labute approximate surface area is 216 Å². The number of imidazole rings is 1. The number of hydrogen-bond donors (Lipinski definition) is 1. The van der Waals surface area contributed by atoms with Crippen LogP contribution in [0.15, 0.2) is 71.9 Å². The number of hydrogen-bond acceptors (Lipinski definition) is 3. The van der Waals surface area contributed by atoms with Gasteiger partial charge in [0.2, 0.25) is 0 Å². The van der Waals surface area contributed by atoms with Crippen LogP contribution in [-0.2, 0) is 12.3 Å². The maximum Gasteiger partial charge on any atom is 0.251 e. The van der Waals surface area contributed by atoms with Gasteiger partial charge in [-0.25, -0.2) is 9.37 Å². The molecule has 1 amide bonds. The van der Waals surface area contributed by atoms with E-state index in [0.29, 0.717) is 23.8 Å². The highest BCUT2D eigenvalue weighted by Gasteiger charge is 2.24. The van der Waals surface area contributed by atoms with Crippen LogP contribution in [0.1, 0.15) is 59.7 Å². The third-order valence-corrected chi connectivity index (χ3v) is 8.16. The SMILES string of the molecule is Cc1cccc(Cn2c(SCc3ccc(F)cc3)nc3ccc(C(=O)N[C@@H]4CCCC[C@@H]4C)cc32)c1. The van der Waals surface area contributed by atoms with E-state index in [1.165, 1.54) is 42.5 Å². The third-order valence-electron chi connectivity index (χ3n) is 7.11. The van der Waals surface area contributed by atoms with Crippen molar-refractivity contribution in [1.29, 1.82) is 0 Å². The van der Waals surface area contributed by atoms with Crippen LogP contribution in [0.2, 0.25) is 0 Å². The number of fused-ring (bicyclic) bond motifs is 1. The maximum absolute atomic E-state index is 13.3. The molecular weight excluding hydrogens is 469 g/mol. The van der Waals surface area contributed by atoms with Crippen molar-refractivity contribution in [1.82, 2.24) is 14.9 Å². The molecule has 1 heterocycles. The Balaban J connectivity index is 1.46. The van der Waals surface area contributed by atoms with Crippen LogP contribution in [0.3, 0.4) is 0 Å². The lowest BCUT2D eigenvalue weighted by Crippen LogP contribution is -2.41. The Morgan fingerprint density at radius 1 is 1.06 bits per heavy atom. The van der Waals surface area contributed by atoms with E-state index in [-0.39, 0.29) is 17.8 Å². The molecule has 1 fully saturated rings. The molecule has 186 valence electrons. The Morgan fingerprint density at radius 2 is 1.86 bits per heavy atom. The highest BCUT2D eigenvalue weighted by Crippen LogP contribution is 2.29. The number of amides is 1. The molecule has 36 heavy (non-hydrogen) atoms. The summed E-state index contributed by atoms with van der Waals surface area (Å²) >= 11 is 1.63. The molecule has 2 atom stereocenters. The normalized spacial score (nSPS) is 17.9. The van der Waals surface area contributed by atoms with Gasteiger partial charge in [0, 0.05) is 17.4 Å². The number of halogens is 1. The fraction of sp³-hybridized carbons (Fsp3) is 0.333. The second-order valence-corrected chi connectivity index (χ2v) is 10.9. The van der Waals surface area contributed by atoms with Gasteiger partial charge in [-0.2, -0.15) is 0 Å². The summed E-state index contributed by atoms with van der Waals surface area (Å²) in [5.74, 6) is 0.945. The van der Waals surface area contributed by atoms with Crippen molar-refractivity contribution in [3.63, 3.8) is 0 Å². The van der Waals surface area contributed by atoms with Gasteiger partial charge < -0.3 is 9.88 Å². The number of thioether (sulfide) groups is 1. The summed E-state index contributed by atoms with van der Waals surface area (Å²) in [7, 11) is 0. The molecule has 5 rings (SSSR count). The highest BCUT2D eigenvalue weighted by molar-refractivity contribution is 7.98. The monoisotopic (exact) mass is 501 g/mol. The molecule has 1 aliphatic carbocycles. The minimum atomic E-state index is -0.233. The average Bonchev–Trinajstić information content (AvgIpc) is 3.21. The first-order chi connectivity index (χ1) is 17.5. The molecule has 1 aromatic heterocycles. The molecule has 4 aromatic rings. The second-order valence-electron chi connectivity index (χ2n) is 9.93. The first kappa shape index (κ1) is 24.6. The lowest BCUT2D eigenvalue weighted by molar-refractivity contribution is 0.0910. The Bertz CT molecular complexity index is 1360. The minimum Gasteiger partial charge on any atom is -0.349 e. The van der Waals surface area contributed by atoms with Crippen LogP contribution in [0.25, 0.3) is 11.0 Å². The lowest BCUT2D eigenvalue weighted by Gasteiger charge is -2.29. The van der Waals surface area contributed by atoms with E-state index in [1.54, 1.807) is 11.8 Å². The smallest absolute Gasteiger partial charge is 0.251 e. The summed E-state index contributed by atoms with van der Waals surface area (Å²) in [6.45, 7) is 4.98. The molecular formula is C30H32FN3OS. The highest BCUT2D eigenvalue weighted by atomic mass is 32.2. The van der Waals surface area contributed by atoms with E-state index in [4.69, 9.17) is 4.98 Å². The van der Waals surface area contributed by atoms with Crippen LogP contribution < -0.4 is 5.32 Å². The number of nitrogens with zero attached hydrogens (tertiary/aromatic N) is 2. The Morgan fingerprint density at radius 3 is 2.64 bits per heavy atom. The zero-order valence-corrected chi connectivity index (χ0v) is 21.7. The van der Waals surface area contributed by atoms with Crippen molar-refractivity contribution in [2.75, 3.05) is 0 Å². The lowest BCUT2D eigenvalue weighted by atomic mass is 9.86. The standard InChI is InChI=1S/C30H32FN3OS/c1-20-6-5-8-23(16-20)18-34-28-17-24(29(35)32-26-9-4-3-7-21(26)2)12-15-27(28)33-30(34)36-19-22-10-13-25(31)14-11-22/h5-6,8,10-17,21,26H,3-4,7,9,18-19H2,1-2H3,(H,32,35)/t21-,26+/m0/s1. The fourth-order valence-corrected chi connectivity index (χ4v) is 5.98. The zero-order chi connectivity index (χ0) is 25.1. The minimum absolute atomic E-state index is 0.0144. The van der Waals surface area contributed by atoms with Crippen LogP contribution in [-0.4, -0.2) is 21.5 Å². The number of rotatable bonds is 7. The molecule has 0 radical (unpaired) electrons. The van der Waals surface area contributed by atoms with E-state index in [2.05, 4.69) is 48.0 Å². The number of carbonyl (C=O) groups is 1. The Hall–Kier alpha value is -3.12. The molecule has 4 nitrogen and oxygen atoms in total. The largest absolute Gasteiger partial charge is 0.349 e. The molecule has 0 bridgehead atoms. The predicted octanol–water partition coefficient (Wildman–Crippen LogP) is 7.13. The number of carbonyl (C=O) groups excluding carboxylic acids is 1. The van der Waals surface area contributed by atoms with Gasteiger partial charge in [-0.3, -0.25) is 4.79 Å². The zero-order valence-electron chi connectivity index (χ0n) is 20.8. The molecule has 3 aromatic carbocycles. The van der Waals surface area contributed by atoms with E-state index in [0.717, 1.165) is 28.2 Å². The number of nitrogens with one attached hydrogen (secondary N) is 1. The van der Waals surface area contributed by atoms with Crippen molar-refractivity contribution >= 4 is 28.7 Å². The first-order valence-corrected chi connectivity index (χ1v) is 13.7. The second kappa shape index (κ2) is 10.9. The maximum atomic E-state index is 13.3. The summed E-state index contributed by atoms with van der Waals surface area (Å²) in [5.41, 5.74) is 5.91. The van der Waals surface area contributed by atoms with Crippen LogP contribution in [0.4, 0.5) is 4.39 Å². The molecule has 0 saturated heterocycles. The van der Waals surface area contributed by atoms with Crippen LogP contribution >= 0.6 is 11.8 Å². The number of aromatic nitrogens is 2. The van der Waals surface area contributed by atoms with Crippen LogP contribution in [0.5, 0.6) is 0 Å². The van der Waals surface area contributed by atoms with E-state index in [9.17, 15) is 9.18 Å². The van der Waals surface area contributed by atoms with Gasteiger partial charge in [-0.1, -0.05) is 73.5 Å². The molecule has 1 saturated carbocycles. The van der Waals surface area contributed by atoms with Gasteiger partial charge >= 0.3 is 0 Å². The van der Waals surface area contributed by atoms with Gasteiger partial charge in [0.05, 0.1) is 17.6 Å². The molecule has 6 heteroatoms. The van der Waals surface area contributed by atoms with E-state index in [1.807, 2.05) is 30.3 Å². The molecule has 0 spiro atoms. The summed E-state index contributed by atoms with van der Waals surface area (Å²) in [4.78, 5) is 18.1. The van der Waals surface area contributed by atoms with E-state index >= 15 is 0 Å². The van der Waals surface area contributed by atoms with Crippen molar-refractivity contribution in [3.05, 3.63) is 94.8 Å². The third kappa shape index (κ3) is 5.65. The molecule has 0 unspecified atom stereocenters. The summed E-state index contributed by atoms with van der Waals surface area (Å²) < 4.78 is 15.5. The van der Waals surface area contributed by atoms with Gasteiger partial charge in [-0.15, -0.1) is 0 Å². The fourth-order valence-electron chi connectivity index (χ4n) is 5.01. The predicted molar refractivity (Wildman–Crippen MR) is 145 cm³/mol. The quantitative estimate of drug-likeness (QED) is 0.274. The summed E-state index contributed by atoms with van der Waals surface area (Å²) in [6.07, 6.45) is 4.63. The summed E-state index contributed by atoms with van der Waals surface area (Å²) in [5, 5.41) is 4.16. The van der Waals surface area contributed by atoms with Crippen molar-refractivity contribution in [3.8, 4) is 0 Å². The van der Waals surface area contributed by atoms with Gasteiger partial charge in [0.25, 0.3) is 5.91 Å². The summed E-state index contributed by atoms with van der Waals surface area (Å²) in [6, 6.07) is 21.1. The van der Waals surface area contributed by atoms with Crippen molar-refractivity contribution < 1.29 is 9.18 Å². The molecule has 0 aliphatic heterocycles. The average molecular weight is 502 g/mol. The number of benzene rings is 3. The number of aryl methyl sites for hydroxylation is 1. The Kier molecular flexibility index (Phi) is 7.42. The van der Waals surface area contributed by atoms with Crippen molar-refractivity contribution in [2.24, 2.45) is 5.92 Å². The topological polar surface area (TPSA) is 46.9 Å². The molecule has 1 aliphatic rings.